The van der Waals surface area contributed by atoms with Crippen LogP contribution in [0.5, 0.6) is 17.2 Å². The summed E-state index contributed by atoms with van der Waals surface area (Å²) in [6.07, 6.45) is 4.25. The highest BCUT2D eigenvalue weighted by Crippen LogP contribution is 2.39. The van der Waals surface area contributed by atoms with Gasteiger partial charge < -0.3 is 24.1 Å². The van der Waals surface area contributed by atoms with Gasteiger partial charge in [0.05, 0.1) is 27.4 Å². The summed E-state index contributed by atoms with van der Waals surface area (Å²) in [6.45, 7) is 0.632. The van der Waals surface area contributed by atoms with E-state index in [2.05, 4.69) is 9.88 Å². The molecule has 3 aromatic rings. The number of methoxy groups -OCH3 is 3. The van der Waals surface area contributed by atoms with E-state index in [1.165, 1.54) is 5.56 Å². The molecule has 1 N–H and O–H groups in total. The van der Waals surface area contributed by atoms with Crippen LogP contribution < -0.4 is 19.5 Å². The van der Waals surface area contributed by atoms with Gasteiger partial charge in [-0.25, -0.2) is 0 Å². The molecule has 0 radical (unpaired) electrons. The molecule has 6 heteroatoms. The zero-order valence-corrected chi connectivity index (χ0v) is 17.0. The molecule has 1 aromatic heterocycles. The summed E-state index contributed by atoms with van der Waals surface area (Å²) in [7, 11) is 4.93. The van der Waals surface area contributed by atoms with Gasteiger partial charge in [-0.05, 0) is 60.4 Å². The van der Waals surface area contributed by atoms with Crippen LogP contribution >= 0.6 is 0 Å². The van der Waals surface area contributed by atoms with E-state index >= 15 is 0 Å². The van der Waals surface area contributed by atoms with Gasteiger partial charge in [-0.1, -0.05) is 0 Å². The van der Waals surface area contributed by atoms with E-state index in [4.69, 9.17) is 14.2 Å². The van der Waals surface area contributed by atoms with Crippen LogP contribution in [0.25, 0.3) is 10.9 Å². The predicted octanol–water partition coefficient (Wildman–Crippen LogP) is 3.86. The summed E-state index contributed by atoms with van der Waals surface area (Å²) >= 11 is 0. The summed E-state index contributed by atoms with van der Waals surface area (Å²) in [6, 6.07) is 12.0. The van der Waals surface area contributed by atoms with Gasteiger partial charge in [0.15, 0.2) is 11.5 Å². The Balaban J connectivity index is 1.42. The van der Waals surface area contributed by atoms with Crippen LogP contribution in [0, 0.1) is 0 Å². The molecule has 0 fully saturated rings. The molecule has 29 heavy (non-hydrogen) atoms. The Kier molecular flexibility index (Phi) is 5.34. The van der Waals surface area contributed by atoms with Crippen LogP contribution in [-0.2, 0) is 17.8 Å². The molecule has 1 aliphatic carbocycles. The number of carbonyl (C=O) groups is 1. The van der Waals surface area contributed by atoms with Crippen LogP contribution in [-0.4, -0.2) is 31.8 Å². The highest BCUT2D eigenvalue weighted by atomic mass is 16.5. The third-order valence-corrected chi connectivity index (χ3v) is 5.62. The third kappa shape index (κ3) is 3.75. The number of carbonyl (C=O) groups excluding carboxylic acids is 1. The number of benzene rings is 2. The Morgan fingerprint density at radius 1 is 1.07 bits per heavy atom. The standard InChI is InChI=1S/C23H26N2O4/c1-27-17-5-7-20-16(12-17)8-10-25(20)11-9-23(26)24-19-6-4-15-13-21(28-2)22(29-3)14-18(15)19/h5,7-8,10,12-14,19H,4,6,9,11H2,1-3H3,(H,24,26). The van der Waals surface area contributed by atoms with Crippen LogP contribution in [0.1, 0.15) is 30.0 Å². The largest absolute Gasteiger partial charge is 0.497 e. The van der Waals surface area contributed by atoms with Crippen molar-refractivity contribution in [2.45, 2.75) is 31.8 Å². The average Bonchev–Trinajstić information content (AvgIpc) is 3.34. The van der Waals surface area contributed by atoms with Crippen molar-refractivity contribution in [2.75, 3.05) is 21.3 Å². The maximum Gasteiger partial charge on any atom is 0.222 e. The number of rotatable bonds is 7. The summed E-state index contributed by atoms with van der Waals surface area (Å²) < 4.78 is 18.2. The fourth-order valence-corrected chi connectivity index (χ4v) is 4.07. The topological polar surface area (TPSA) is 61.7 Å². The minimum Gasteiger partial charge on any atom is -0.497 e. The maximum atomic E-state index is 12.6. The van der Waals surface area contributed by atoms with Gasteiger partial charge in [0.1, 0.15) is 5.75 Å². The molecule has 1 unspecified atom stereocenters. The molecule has 1 amide bonds. The number of hydrogen-bond donors (Lipinski definition) is 1. The second kappa shape index (κ2) is 8.07. The average molecular weight is 394 g/mol. The maximum absolute atomic E-state index is 12.6. The minimum absolute atomic E-state index is 0.0166. The predicted molar refractivity (Wildman–Crippen MR) is 112 cm³/mol. The lowest BCUT2D eigenvalue weighted by Gasteiger charge is -2.16. The molecule has 0 spiro atoms. The van der Waals surface area contributed by atoms with Crippen molar-refractivity contribution in [3.8, 4) is 17.2 Å². The number of fused-ring (bicyclic) bond motifs is 2. The van der Waals surface area contributed by atoms with Crippen LogP contribution in [0.4, 0.5) is 0 Å². The third-order valence-electron chi connectivity index (χ3n) is 5.62. The number of aryl methyl sites for hydroxylation is 2. The lowest BCUT2D eigenvalue weighted by atomic mass is 10.1. The molecule has 6 nitrogen and oxygen atoms in total. The Bertz CT molecular complexity index is 1040. The van der Waals surface area contributed by atoms with E-state index in [-0.39, 0.29) is 11.9 Å². The first-order chi connectivity index (χ1) is 14.1. The molecule has 1 atom stereocenters. The molecule has 1 aliphatic rings. The van der Waals surface area contributed by atoms with Crippen LogP contribution in [0.3, 0.4) is 0 Å². The van der Waals surface area contributed by atoms with E-state index in [1.807, 2.05) is 42.6 Å². The second-order valence-electron chi connectivity index (χ2n) is 7.25. The van der Waals surface area contributed by atoms with Crippen molar-refractivity contribution in [1.82, 2.24) is 9.88 Å². The molecule has 152 valence electrons. The molecule has 0 aliphatic heterocycles. The fourth-order valence-electron chi connectivity index (χ4n) is 4.07. The Morgan fingerprint density at radius 2 is 1.86 bits per heavy atom. The summed E-state index contributed by atoms with van der Waals surface area (Å²) in [5.74, 6) is 2.31. The van der Waals surface area contributed by atoms with E-state index in [0.717, 1.165) is 40.8 Å². The zero-order valence-electron chi connectivity index (χ0n) is 17.0. The highest BCUT2D eigenvalue weighted by Gasteiger charge is 2.26. The van der Waals surface area contributed by atoms with Gasteiger partial charge in [-0.15, -0.1) is 0 Å². The quantitative estimate of drug-likeness (QED) is 0.661. The van der Waals surface area contributed by atoms with Gasteiger partial charge in [0.25, 0.3) is 0 Å². The number of ether oxygens (including phenoxy) is 3. The van der Waals surface area contributed by atoms with Crippen molar-refractivity contribution in [2.24, 2.45) is 0 Å². The van der Waals surface area contributed by atoms with Crippen LogP contribution in [0.2, 0.25) is 0 Å². The Morgan fingerprint density at radius 3 is 2.62 bits per heavy atom. The molecule has 1 heterocycles. The molecule has 0 saturated heterocycles. The van der Waals surface area contributed by atoms with E-state index in [1.54, 1.807) is 21.3 Å². The number of nitrogens with one attached hydrogen (secondary N) is 1. The Labute approximate surface area is 170 Å². The number of amides is 1. The smallest absolute Gasteiger partial charge is 0.222 e. The highest BCUT2D eigenvalue weighted by molar-refractivity contribution is 5.82. The van der Waals surface area contributed by atoms with Gasteiger partial charge >= 0.3 is 0 Å². The normalized spacial score (nSPS) is 15.2. The van der Waals surface area contributed by atoms with E-state index in [9.17, 15) is 4.79 Å². The zero-order chi connectivity index (χ0) is 20.4. The van der Waals surface area contributed by atoms with Gasteiger partial charge in [-0.3, -0.25) is 4.79 Å². The summed E-state index contributed by atoms with van der Waals surface area (Å²) in [5, 5.41) is 4.29. The number of hydrogen-bond acceptors (Lipinski definition) is 4. The Hall–Kier alpha value is -3.15. The van der Waals surface area contributed by atoms with E-state index in [0.29, 0.717) is 18.7 Å². The molecular weight excluding hydrogens is 368 g/mol. The number of aromatic nitrogens is 1. The molecule has 0 saturated carbocycles. The minimum atomic E-state index is 0.0166. The second-order valence-corrected chi connectivity index (χ2v) is 7.25. The first kappa shape index (κ1) is 19.2. The van der Waals surface area contributed by atoms with Gasteiger partial charge in [0.2, 0.25) is 5.91 Å². The first-order valence-corrected chi connectivity index (χ1v) is 9.80. The van der Waals surface area contributed by atoms with Gasteiger partial charge in [0, 0.05) is 30.1 Å². The fraction of sp³-hybridized carbons (Fsp3) is 0.348. The van der Waals surface area contributed by atoms with Crippen molar-refractivity contribution >= 4 is 16.8 Å². The monoisotopic (exact) mass is 394 g/mol. The lowest BCUT2D eigenvalue weighted by Crippen LogP contribution is -2.27. The van der Waals surface area contributed by atoms with Crippen molar-refractivity contribution in [1.29, 1.82) is 0 Å². The molecule has 0 bridgehead atoms. The summed E-state index contributed by atoms with van der Waals surface area (Å²) in [4.78, 5) is 12.6. The lowest BCUT2D eigenvalue weighted by molar-refractivity contribution is -0.122. The van der Waals surface area contributed by atoms with Crippen molar-refractivity contribution in [3.63, 3.8) is 0 Å². The molecule has 4 rings (SSSR count). The number of nitrogens with zero attached hydrogens (tertiary/aromatic N) is 1. The van der Waals surface area contributed by atoms with Gasteiger partial charge in [-0.2, -0.15) is 0 Å². The first-order valence-electron chi connectivity index (χ1n) is 9.80. The SMILES string of the molecule is COc1ccc2c(ccn2CCC(=O)NC2CCc3cc(OC)c(OC)cc32)c1. The molecular formula is C23H26N2O4. The summed E-state index contributed by atoms with van der Waals surface area (Å²) in [5.41, 5.74) is 3.43. The van der Waals surface area contributed by atoms with Crippen molar-refractivity contribution < 1.29 is 19.0 Å². The van der Waals surface area contributed by atoms with Crippen LogP contribution in [0.15, 0.2) is 42.6 Å². The molecule has 2 aromatic carbocycles. The van der Waals surface area contributed by atoms with E-state index < -0.39 is 0 Å². The van der Waals surface area contributed by atoms with Crippen molar-refractivity contribution in [3.05, 3.63) is 53.7 Å².